The maximum Gasteiger partial charge on any atom is 0.419 e. The number of carboxylic acids is 1. The highest BCUT2D eigenvalue weighted by Crippen LogP contribution is 2.21. The van der Waals surface area contributed by atoms with E-state index in [-0.39, 0.29) is 6.42 Å². The molecule has 0 radical (unpaired) electrons. The molecular weight excluding hydrogens is 222 g/mol. The van der Waals surface area contributed by atoms with Crippen molar-refractivity contribution < 1.29 is 14.3 Å². The summed E-state index contributed by atoms with van der Waals surface area (Å²) in [5.74, 6) is -1.38. The van der Waals surface area contributed by atoms with E-state index in [9.17, 15) is 9.59 Å². The summed E-state index contributed by atoms with van der Waals surface area (Å²) in [5, 5.41) is 8.68. The van der Waals surface area contributed by atoms with Crippen molar-refractivity contribution in [3.05, 3.63) is 40.9 Å². The molecule has 88 valence electrons. The molecule has 0 unspecified atom stereocenters. The number of aromatic nitrogens is 1. The second-order valence-corrected chi connectivity index (χ2v) is 3.78. The van der Waals surface area contributed by atoms with E-state index in [2.05, 4.69) is 6.58 Å². The summed E-state index contributed by atoms with van der Waals surface area (Å²) in [4.78, 5) is 21.9. The number of benzene rings is 1. The quantitative estimate of drug-likeness (QED) is 0.874. The topological polar surface area (TPSA) is 72.4 Å². The van der Waals surface area contributed by atoms with Crippen LogP contribution in [0.5, 0.6) is 0 Å². The minimum Gasteiger partial charge on any atom is -0.481 e. The van der Waals surface area contributed by atoms with Gasteiger partial charge in [-0.2, -0.15) is 0 Å². The zero-order valence-corrected chi connectivity index (χ0v) is 9.27. The Morgan fingerprint density at radius 3 is 2.88 bits per heavy atom. The van der Waals surface area contributed by atoms with E-state index in [0.717, 1.165) is 0 Å². The smallest absolute Gasteiger partial charge is 0.419 e. The summed E-state index contributed by atoms with van der Waals surface area (Å²) >= 11 is 0. The highest BCUT2D eigenvalue weighted by atomic mass is 16.4. The Bertz CT molecular complexity index is 663. The molecule has 0 saturated carbocycles. The Morgan fingerprint density at radius 1 is 1.53 bits per heavy atom. The standard InChI is InChI=1S/C12H11NO4/c1-7(5-11(14)15)8-3-4-10-9(6-8)13(2)12(16)17-10/h3-4,6H,1,5H2,2H3,(H,14,15). The number of nitrogens with zero attached hydrogens (tertiary/aromatic N) is 1. The molecular formula is C12H11NO4. The van der Waals surface area contributed by atoms with Crippen molar-refractivity contribution in [2.75, 3.05) is 0 Å². The molecule has 1 aromatic carbocycles. The number of hydrogen-bond donors (Lipinski definition) is 1. The lowest BCUT2D eigenvalue weighted by molar-refractivity contribution is -0.135. The van der Waals surface area contributed by atoms with Crippen LogP contribution in [-0.4, -0.2) is 15.6 Å². The van der Waals surface area contributed by atoms with E-state index in [0.29, 0.717) is 22.2 Å². The number of aliphatic carboxylic acids is 1. The Morgan fingerprint density at radius 2 is 2.24 bits per heavy atom. The highest BCUT2D eigenvalue weighted by molar-refractivity contribution is 5.86. The first-order valence-corrected chi connectivity index (χ1v) is 4.98. The van der Waals surface area contributed by atoms with Gasteiger partial charge in [-0.25, -0.2) is 4.79 Å². The van der Waals surface area contributed by atoms with Gasteiger partial charge in [-0.05, 0) is 23.3 Å². The van der Waals surface area contributed by atoms with Crippen LogP contribution < -0.4 is 5.76 Å². The zero-order valence-electron chi connectivity index (χ0n) is 9.27. The third-order valence-corrected chi connectivity index (χ3v) is 2.56. The van der Waals surface area contributed by atoms with Crippen LogP contribution in [0, 0.1) is 0 Å². The number of oxazole rings is 1. The summed E-state index contributed by atoms with van der Waals surface area (Å²) in [7, 11) is 1.60. The first-order valence-electron chi connectivity index (χ1n) is 4.98. The monoisotopic (exact) mass is 233 g/mol. The highest BCUT2D eigenvalue weighted by Gasteiger charge is 2.09. The Labute approximate surface area is 96.6 Å². The predicted octanol–water partition coefficient (Wildman–Crippen LogP) is 1.62. The van der Waals surface area contributed by atoms with Gasteiger partial charge in [0, 0.05) is 7.05 Å². The fourth-order valence-corrected chi connectivity index (χ4v) is 1.63. The molecule has 1 N–H and O–H groups in total. The first kappa shape index (κ1) is 11.2. The number of carboxylic acid groups (broad SMARTS) is 1. The number of fused-ring (bicyclic) bond motifs is 1. The molecule has 2 aromatic rings. The SMILES string of the molecule is C=C(CC(=O)O)c1ccc2oc(=O)n(C)c2c1. The van der Waals surface area contributed by atoms with Crippen molar-refractivity contribution >= 4 is 22.6 Å². The van der Waals surface area contributed by atoms with Crippen LogP contribution in [0.2, 0.25) is 0 Å². The molecule has 0 aliphatic rings. The first-order chi connectivity index (χ1) is 7.99. The van der Waals surface area contributed by atoms with Crippen LogP contribution in [-0.2, 0) is 11.8 Å². The largest absolute Gasteiger partial charge is 0.481 e. The van der Waals surface area contributed by atoms with E-state index >= 15 is 0 Å². The van der Waals surface area contributed by atoms with Gasteiger partial charge in [-0.1, -0.05) is 12.6 Å². The van der Waals surface area contributed by atoms with Crippen LogP contribution in [0.15, 0.2) is 34.0 Å². The number of aryl methyl sites for hydroxylation is 1. The molecule has 0 bridgehead atoms. The average Bonchev–Trinajstić information content (AvgIpc) is 2.54. The van der Waals surface area contributed by atoms with Crippen LogP contribution in [0.25, 0.3) is 16.7 Å². The molecule has 0 spiro atoms. The van der Waals surface area contributed by atoms with Gasteiger partial charge in [-0.15, -0.1) is 0 Å². The lowest BCUT2D eigenvalue weighted by Crippen LogP contribution is -2.08. The van der Waals surface area contributed by atoms with Gasteiger partial charge < -0.3 is 9.52 Å². The van der Waals surface area contributed by atoms with Gasteiger partial charge in [0.2, 0.25) is 0 Å². The van der Waals surface area contributed by atoms with Gasteiger partial charge in [0.1, 0.15) is 0 Å². The van der Waals surface area contributed by atoms with E-state index in [1.807, 2.05) is 0 Å². The van der Waals surface area contributed by atoms with E-state index < -0.39 is 11.7 Å². The van der Waals surface area contributed by atoms with Gasteiger partial charge in [0.25, 0.3) is 0 Å². The zero-order chi connectivity index (χ0) is 12.6. The van der Waals surface area contributed by atoms with Crippen LogP contribution in [0.3, 0.4) is 0 Å². The van der Waals surface area contributed by atoms with Crippen molar-refractivity contribution in [2.24, 2.45) is 7.05 Å². The third kappa shape index (κ3) is 1.99. The number of carbonyl (C=O) groups is 1. The normalized spacial score (nSPS) is 10.6. The molecule has 0 fully saturated rings. The molecule has 2 rings (SSSR count). The fourth-order valence-electron chi connectivity index (χ4n) is 1.63. The van der Waals surface area contributed by atoms with E-state index in [1.54, 1.807) is 25.2 Å². The molecule has 5 nitrogen and oxygen atoms in total. The third-order valence-electron chi connectivity index (χ3n) is 2.56. The fraction of sp³-hybridized carbons (Fsp3) is 0.167. The summed E-state index contributed by atoms with van der Waals surface area (Å²) < 4.78 is 6.34. The molecule has 5 heteroatoms. The molecule has 0 aliphatic heterocycles. The van der Waals surface area contributed by atoms with Crippen molar-refractivity contribution in [1.82, 2.24) is 4.57 Å². The van der Waals surface area contributed by atoms with Crippen LogP contribution >= 0.6 is 0 Å². The minimum atomic E-state index is -0.934. The maximum atomic E-state index is 11.3. The maximum absolute atomic E-state index is 11.3. The van der Waals surface area contributed by atoms with E-state index in [4.69, 9.17) is 9.52 Å². The van der Waals surface area contributed by atoms with Gasteiger partial charge >= 0.3 is 11.7 Å². The van der Waals surface area contributed by atoms with Crippen molar-refractivity contribution in [3.63, 3.8) is 0 Å². The second kappa shape index (κ2) is 3.93. The van der Waals surface area contributed by atoms with Crippen LogP contribution in [0.1, 0.15) is 12.0 Å². The molecule has 1 aromatic heterocycles. The van der Waals surface area contributed by atoms with Crippen molar-refractivity contribution in [3.8, 4) is 0 Å². The second-order valence-electron chi connectivity index (χ2n) is 3.78. The van der Waals surface area contributed by atoms with Crippen molar-refractivity contribution in [1.29, 1.82) is 0 Å². The lowest BCUT2D eigenvalue weighted by atomic mass is 10.0. The molecule has 17 heavy (non-hydrogen) atoms. The van der Waals surface area contributed by atoms with Gasteiger partial charge in [0.15, 0.2) is 5.58 Å². The molecule has 0 saturated heterocycles. The molecule has 0 atom stereocenters. The predicted molar refractivity (Wildman–Crippen MR) is 62.7 cm³/mol. The van der Waals surface area contributed by atoms with Crippen LogP contribution in [0.4, 0.5) is 0 Å². The van der Waals surface area contributed by atoms with Gasteiger partial charge in [-0.3, -0.25) is 9.36 Å². The minimum absolute atomic E-state index is 0.128. The molecule has 0 amide bonds. The average molecular weight is 233 g/mol. The molecule has 1 heterocycles. The molecule has 0 aliphatic carbocycles. The summed E-state index contributed by atoms with van der Waals surface area (Å²) in [6.45, 7) is 3.71. The van der Waals surface area contributed by atoms with Gasteiger partial charge in [0.05, 0.1) is 11.9 Å². The summed E-state index contributed by atoms with van der Waals surface area (Å²) in [6, 6.07) is 5.03. The summed E-state index contributed by atoms with van der Waals surface area (Å²) in [5.41, 5.74) is 2.28. The number of hydrogen-bond acceptors (Lipinski definition) is 3. The Hall–Kier alpha value is -2.30. The Kier molecular flexibility index (Phi) is 2.59. The van der Waals surface area contributed by atoms with E-state index in [1.165, 1.54) is 4.57 Å². The Balaban J connectivity index is 2.50. The number of rotatable bonds is 3. The lowest BCUT2D eigenvalue weighted by Gasteiger charge is -2.02. The summed E-state index contributed by atoms with van der Waals surface area (Å²) in [6.07, 6.45) is -0.128. The van der Waals surface area contributed by atoms with Crippen molar-refractivity contribution in [2.45, 2.75) is 6.42 Å².